The van der Waals surface area contributed by atoms with Gasteiger partial charge in [-0.05, 0) is 44.9 Å². The van der Waals surface area contributed by atoms with Crippen LogP contribution < -0.4 is 4.74 Å². The van der Waals surface area contributed by atoms with E-state index in [0.29, 0.717) is 0 Å². The van der Waals surface area contributed by atoms with Crippen molar-refractivity contribution >= 4 is 0 Å². The van der Waals surface area contributed by atoms with Crippen molar-refractivity contribution in [3.8, 4) is 5.75 Å². The van der Waals surface area contributed by atoms with Gasteiger partial charge in [0.2, 0.25) is 0 Å². The van der Waals surface area contributed by atoms with Crippen molar-refractivity contribution in [1.82, 2.24) is 0 Å². The van der Waals surface area contributed by atoms with E-state index in [0.717, 1.165) is 12.2 Å². The van der Waals surface area contributed by atoms with E-state index < -0.39 is 0 Å². The van der Waals surface area contributed by atoms with Gasteiger partial charge in [-0.1, -0.05) is 37.3 Å². The van der Waals surface area contributed by atoms with Crippen LogP contribution >= 0.6 is 0 Å². The Morgan fingerprint density at radius 1 is 1.29 bits per heavy atom. The first kappa shape index (κ1) is 17.9. The first-order chi connectivity index (χ1) is 8.15. The minimum Gasteiger partial charge on any atom is -0.497 e. The topological polar surface area (TPSA) is 9.23 Å². The number of hydrogen-bond acceptors (Lipinski definition) is 1. The van der Waals surface area contributed by atoms with Crippen molar-refractivity contribution in [1.29, 1.82) is 0 Å². The Balaban J connectivity index is 0. The van der Waals surface area contributed by atoms with Crippen LogP contribution in [0.1, 0.15) is 32.8 Å². The average Bonchev–Trinajstić information content (AvgIpc) is 2.32. The first-order valence-corrected chi connectivity index (χ1v) is 5.95. The molecule has 0 bridgehead atoms. The molecule has 0 saturated carbocycles. The Bertz CT molecular complexity index is 300. The lowest BCUT2D eigenvalue weighted by molar-refractivity contribution is 0.414. The molecule has 0 aromatic heterocycles. The molecule has 17 heavy (non-hydrogen) atoms. The number of aryl methyl sites for hydroxylation is 1. The van der Waals surface area contributed by atoms with Crippen LogP contribution in [0.2, 0.25) is 0 Å². The molecule has 1 aromatic carbocycles. The van der Waals surface area contributed by atoms with E-state index in [-0.39, 0.29) is 0 Å². The largest absolute Gasteiger partial charge is 0.497 e. The van der Waals surface area contributed by atoms with Crippen LogP contribution in [-0.4, -0.2) is 7.11 Å². The smallest absolute Gasteiger partial charge is 0.119 e. The van der Waals surface area contributed by atoms with Gasteiger partial charge in [-0.3, -0.25) is 0 Å². The van der Waals surface area contributed by atoms with Gasteiger partial charge < -0.3 is 4.74 Å². The van der Waals surface area contributed by atoms with Crippen molar-refractivity contribution in [2.75, 3.05) is 7.11 Å². The van der Waals surface area contributed by atoms with Crippen LogP contribution in [0.3, 0.4) is 0 Å². The molecule has 96 valence electrons. The van der Waals surface area contributed by atoms with Crippen molar-refractivity contribution in [2.24, 2.45) is 0 Å². The summed E-state index contributed by atoms with van der Waals surface area (Å²) in [6.45, 7) is 11.5. The summed E-state index contributed by atoms with van der Waals surface area (Å²) >= 11 is 0. The minimum absolute atomic E-state index is 0.926. The summed E-state index contributed by atoms with van der Waals surface area (Å²) in [5, 5.41) is 0. The van der Waals surface area contributed by atoms with Crippen molar-refractivity contribution < 1.29 is 4.74 Å². The van der Waals surface area contributed by atoms with Crippen LogP contribution in [0.15, 0.2) is 49.1 Å². The van der Waals surface area contributed by atoms with Gasteiger partial charge in [-0.15, -0.1) is 6.58 Å². The highest BCUT2D eigenvalue weighted by atomic mass is 16.5. The molecule has 0 N–H and O–H groups in total. The molecule has 1 rings (SSSR count). The molecule has 0 aliphatic heterocycles. The molecule has 0 spiro atoms. The van der Waals surface area contributed by atoms with Crippen LogP contribution in [-0.2, 0) is 0 Å². The Hall–Kier alpha value is -1.50. The molecule has 1 heteroatoms. The van der Waals surface area contributed by atoms with E-state index in [1.807, 2.05) is 45.0 Å². The highest BCUT2D eigenvalue weighted by molar-refractivity contribution is 5.27. The summed E-state index contributed by atoms with van der Waals surface area (Å²) < 4.78 is 5.00. The van der Waals surface area contributed by atoms with E-state index in [2.05, 4.69) is 25.7 Å². The lowest BCUT2D eigenvalue weighted by atomic mass is 10.2. The molecule has 0 fully saturated rings. The Morgan fingerprint density at radius 2 is 1.88 bits per heavy atom. The number of allylic oxidation sites excluding steroid dienone is 3. The summed E-state index contributed by atoms with van der Waals surface area (Å²) in [6, 6.07) is 7.96. The van der Waals surface area contributed by atoms with Crippen molar-refractivity contribution in [3.63, 3.8) is 0 Å². The summed E-state index contributed by atoms with van der Waals surface area (Å²) in [5.41, 5.74) is 1.23. The number of benzene rings is 1. The molecule has 0 atom stereocenters. The monoisotopic (exact) mass is 234 g/mol. The lowest BCUT2D eigenvalue weighted by Crippen LogP contribution is -1.81. The number of methoxy groups -OCH3 is 1. The van der Waals surface area contributed by atoms with Crippen LogP contribution in [0, 0.1) is 6.92 Å². The number of hydrogen-bond donors (Lipinski definition) is 0. The molecule has 0 saturated heterocycles. The summed E-state index contributed by atoms with van der Waals surface area (Å²) in [4.78, 5) is 0. The molecule has 0 aliphatic carbocycles. The Kier molecular flexibility index (Phi) is 15.3. The van der Waals surface area contributed by atoms with Gasteiger partial charge in [-0.25, -0.2) is 0 Å². The third kappa shape index (κ3) is 14.5. The van der Waals surface area contributed by atoms with E-state index in [1.54, 1.807) is 13.2 Å². The maximum Gasteiger partial charge on any atom is 0.119 e. The zero-order valence-electron chi connectivity index (χ0n) is 11.9. The molecule has 0 radical (unpaired) electrons. The Morgan fingerprint density at radius 3 is 2.12 bits per heavy atom. The fourth-order valence-corrected chi connectivity index (χ4v) is 0.978. The molecule has 0 unspecified atom stereocenters. The van der Waals surface area contributed by atoms with Gasteiger partial charge >= 0.3 is 0 Å². The predicted molar refractivity (Wildman–Crippen MR) is 78.7 cm³/mol. The average molecular weight is 234 g/mol. The molecule has 0 aliphatic rings. The highest BCUT2D eigenvalue weighted by Gasteiger charge is 1.86. The van der Waals surface area contributed by atoms with E-state index in [9.17, 15) is 0 Å². The van der Waals surface area contributed by atoms with Gasteiger partial charge in [0.1, 0.15) is 5.75 Å². The summed E-state index contributed by atoms with van der Waals surface area (Å²) in [6.07, 6.45) is 7.09. The molecule has 1 aromatic rings. The molecular weight excluding hydrogens is 208 g/mol. The SMILES string of the molecule is C/C=C\CC.C=CC.COc1cccc(C)c1. The van der Waals surface area contributed by atoms with Crippen molar-refractivity contribution in [2.45, 2.75) is 34.1 Å². The van der Waals surface area contributed by atoms with Gasteiger partial charge in [0.25, 0.3) is 0 Å². The first-order valence-electron chi connectivity index (χ1n) is 5.95. The maximum absolute atomic E-state index is 5.00. The maximum atomic E-state index is 5.00. The second-order valence-electron chi connectivity index (χ2n) is 3.41. The fourth-order valence-electron chi connectivity index (χ4n) is 0.978. The lowest BCUT2D eigenvalue weighted by Gasteiger charge is -1.97. The zero-order valence-corrected chi connectivity index (χ0v) is 11.9. The van der Waals surface area contributed by atoms with Crippen LogP contribution in [0.25, 0.3) is 0 Å². The van der Waals surface area contributed by atoms with E-state index in [1.165, 1.54) is 5.56 Å². The van der Waals surface area contributed by atoms with Gasteiger partial charge in [0.05, 0.1) is 7.11 Å². The summed E-state index contributed by atoms with van der Waals surface area (Å²) in [5.74, 6) is 0.926. The molecule has 0 amide bonds. The quantitative estimate of drug-likeness (QED) is 0.641. The normalized spacial score (nSPS) is 8.53. The standard InChI is InChI=1S/C8H10O.C5H10.C3H6/c1-7-4-3-5-8(6-7)9-2;1-3-5-4-2;1-3-2/h3-6H,1-2H3;3,5H,4H2,1-2H3;3H,1H2,2H3/b;5-3-;. The van der Waals surface area contributed by atoms with Crippen molar-refractivity contribution in [3.05, 3.63) is 54.6 Å². The Labute approximate surface area is 107 Å². The number of ether oxygens (including phenoxy) is 1. The van der Waals surface area contributed by atoms with Gasteiger partial charge in [-0.2, -0.15) is 0 Å². The number of rotatable bonds is 2. The van der Waals surface area contributed by atoms with E-state index >= 15 is 0 Å². The third-order valence-corrected chi connectivity index (χ3v) is 1.70. The molecular formula is C16H26O. The molecule has 0 heterocycles. The fraction of sp³-hybridized carbons (Fsp3) is 0.375. The second kappa shape index (κ2) is 14.5. The predicted octanol–water partition coefficient (Wildman–Crippen LogP) is 5.17. The van der Waals surface area contributed by atoms with Gasteiger partial charge in [0, 0.05) is 0 Å². The zero-order chi connectivity index (χ0) is 13.5. The van der Waals surface area contributed by atoms with Crippen LogP contribution in [0.4, 0.5) is 0 Å². The third-order valence-electron chi connectivity index (χ3n) is 1.70. The summed E-state index contributed by atoms with van der Waals surface area (Å²) in [7, 11) is 1.68. The van der Waals surface area contributed by atoms with Gasteiger partial charge in [0.15, 0.2) is 0 Å². The second-order valence-corrected chi connectivity index (χ2v) is 3.41. The van der Waals surface area contributed by atoms with E-state index in [4.69, 9.17) is 4.74 Å². The van der Waals surface area contributed by atoms with Crippen LogP contribution in [0.5, 0.6) is 5.75 Å². The minimum atomic E-state index is 0.926. The highest BCUT2D eigenvalue weighted by Crippen LogP contribution is 2.10. The molecule has 1 nitrogen and oxygen atoms in total.